The van der Waals surface area contributed by atoms with E-state index in [0.717, 1.165) is 24.9 Å². The molecule has 0 aromatic heterocycles. The summed E-state index contributed by atoms with van der Waals surface area (Å²) in [6.45, 7) is 2.70. The molecule has 2 fully saturated rings. The van der Waals surface area contributed by atoms with Crippen LogP contribution < -0.4 is 5.32 Å². The molecule has 2 rings (SSSR count). The van der Waals surface area contributed by atoms with Crippen molar-refractivity contribution in [2.24, 2.45) is 5.92 Å². The van der Waals surface area contributed by atoms with Gasteiger partial charge in [-0.1, -0.05) is 12.8 Å². The number of fused-ring (bicyclic) bond motifs is 1. The predicted molar refractivity (Wildman–Crippen MR) is 71.1 cm³/mol. The summed E-state index contributed by atoms with van der Waals surface area (Å²) in [6.07, 6.45) is 9.65. The van der Waals surface area contributed by atoms with Gasteiger partial charge in [0.25, 0.3) is 0 Å². The minimum atomic E-state index is 0.262. The standard InChI is InChI=1S/C14H28N2O/c1-15-13(11-17)8-10-16-9-4-6-12-5-2-3-7-14(12)16/h12-15,17H,2-11H2,1H3. The molecule has 100 valence electrons. The molecule has 3 atom stereocenters. The van der Waals surface area contributed by atoms with E-state index in [-0.39, 0.29) is 12.6 Å². The molecule has 1 aliphatic heterocycles. The van der Waals surface area contributed by atoms with Gasteiger partial charge in [-0.25, -0.2) is 0 Å². The van der Waals surface area contributed by atoms with Crippen LogP contribution in [0.5, 0.6) is 0 Å². The average Bonchev–Trinajstić information content (AvgIpc) is 2.40. The molecule has 1 saturated carbocycles. The van der Waals surface area contributed by atoms with Crippen LogP contribution in [0.25, 0.3) is 0 Å². The highest BCUT2D eigenvalue weighted by Gasteiger charge is 2.32. The van der Waals surface area contributed by atoms with E-state index in [1.165, 1.54) is 45.1 Å². The number of rotatable bonds is 5. The molecule has 1 saturated heterocycles. The van der Waals surface area contributed by atoms with Gasteiger partial charge in [-0.2, -0.15) is 0 Å². The van der Waals surface area contributed by atoms with E-state index in [2.05, 4.69) is 10.2 Å². The van der Waals surface area contributed by atoms with E-state index in [0.29, 0.717) is 0 Å². The zero-order valence-corrected chi connectivity index (χ0v) is 11.2. The van der Waals surface area contributed by atoms with Crippen molar-refractivity contribution in [2.45, 2.75) is 57.0 Å². The second-order valence-corrected chi connectivity index (χ2v) is 5.75. The topological polar surface area (TPSA) is 35.5 Å². The first-order chi connectivity index (χ1) is 8.35. The Balaban J connectivity index is 1.82. The lowest BCUT2D eigenvalue weighted by Gasteiger charge is -2.44. The second kappa shape index (κ2) is 6.72. The summed E-state index contributed by atoms with van der Waals surface area (Å²) < 4.78 is 0. The Labute approximate surface area is 106 Å². The van der Waals surface area contributed by atoms with Gasteiger partial charge in [-0.05, 0) is 51.6 Å². The van der Waals surface area contributed by atoms with E-state index in [4.69, 9.17) is 0 Å². The molecule has 3 heteroatoms. The third kappa shape index (κ3) is 3.43. The molecule has 0 spiro atoms. The van der Waals surface area contributed by atoms with Gasteiger partial charge in [-0.15, -0.1) is 0 Å². The number of nitrogens with one attached hydrogen (secondary N) is 1. The molecule has 17 heavy (non-hydrogen) atoms. The number of hydrogen-bond acceptors (Lipinski definition) is 3. The van der Waals surface area contributed by atoms with E-state index >= 15 is 0 Å². The Morgan fingerprint density at radius 1 is 1.24 bits per heavy atom. The van der Waals surface area contributed by atoms with Crippen molar-refractivity contribution in [1.82, 2.24) is 10.2 Å². The average molecular weight is 240 g/mol. The maximum Gasteiger partial charge on any atom is 0.0585 e. The summed E-state index contributed by atoms with van der Waals surface area (Å²) in [4.78, 5) is 2.70. The third-order valence-electron chi connectivity index (χ3n) is 4.75. The molecule has 1 aliphatic carbocycles. The first kappa shape index (κ1) is 13.3. The molecular formula is C14H28N2O. The smallest absolute Gasteiger partial charge is 0.0585 e. The number of hydrogen-bond donors (Lipinski definition) is 2. The van der Waals surface area contributed by atoms with Crippen molar-refractivity contribution in [1.29, 1.82) is 0 Å². The summed E-state index contributed by atoms with van der Waals surface area (Å²) in [5.74, 6) is 0.972. The highest BCUT2D eigenvalue weighted by Crippen LogP contribution is 2.35. The summed E-state index contributed by atoms with van der Waals surface area (Å²) in [7, 11) is 1.94. The molecule has 0 amide bonds. The maximum atomic E-state index is 9.21. The van der Waals surface area contributed by atoms with Crippen LogP contribution in [-0.2, 0) is 0 Å². The Hall–Kier alpha value is -0.120. The fourth-order valence-electron chi connectivity index (χ4n) is 3.65. The van der Waals surface area contributed by atoms with Gasteiger partial charge >= 0.3 is 0 Å². The fraction of sp³-hybridized carbons (Fsp3) is 1.00. The molecule has 2 aliphatic rings. The highest BCUT2D eigenvalue weighted by atomic mass is 16.3. The fourth-order valence-corrected chi connectivity index (χ4v) is 3.65. The Morgan fingerprint density at radius 3 is 2.76 bits per heavy atom. The van der Waals surface area contributed by atoms with Crippen LogP contribution in [0.1, 0.15) is 44.9 Å². The number of piperidine rings is 1. The van der Waals surface area contributed by atoms with Gasteiger partial charge < -0.3 is 15.3 Å². The number of likely N-dealkylation sites (N-methyl/N-ethyl adjacent to an activating group) is 1. The van der Waals surface area contributed by atoms with Crippen LogP contribution in [0.3, 0.4) is 0 Å². The van der Waals surface area contributed by atoms with E-state index in [1.54, 1.807) is 0 Å². The molecule has 3 nitrogen and oxygen atoms in total. The molecule has 0 aromatic rings. The van der Waals surface area contributed by atoms with E-state index < -0.39 is 0 Å². The number of aliphatic hydroxyl groups is 1. The predicted octanol–water partition coefficient (Wildman–Crippen LogP) is 1.61. The Kier molecular flexibility index (Phi) is 5.26. The maximum absolute atomic E-state index is 9.21. The highest BCUT2D eigenvalue weighted by molar-refractivity contribution is 4.87. The van der Waals surface area contributed by atoms with Gasteiger partial charge in [0, 0.05) is 18.6 Å². The van der Waals surface area contributed by atoms with Gasteiger partial charge in [0.1, 0.15) is 0 Å². The van der Waals surface area contributed by atoms with Gasteiger partial charge in [-0.3, -0.25) is 0 Å². The summed E-state index contributed by atoms with van der Waals surface area (Å²) in [5.41, 5.74) is 0. The zero-order valence-electron chi connectivity index (χ0n) is 11.2. The van der Waals surface area contributed by atoms with Crippen LogP contribution in [0.15, 0.2) is 0 Å². The van der Waals surface area contributed by atoms with Crippen molar-refractivity contribution < 1.29 is 5.11 Å². The van der Waals surface area contributed by atoms with Crippen molar-refractivity contribution >= 4 is 0 Å². The van der Waals surface area contributed by atoms with Crippen LogP contribution in [-0.4, -0.2) is 48.8 Å². The molecule has 0 radical (unpaired) electrons. The van der Waals surface area contributed by atoms with E-state index in [1.807, 2.05) is 7.05 Å². The number of aliphatic hydroxyl groups excluding tert-OH is 1. The van der Waals surface area contributed by atoms with Crippen LogP contribution in [0, 0.1) is 5.92 Å². The second-order valence-electron chi connectivity index (χ2n) is 5.75. The molecule has 3 unspecified atom stereocenters. The zero-order chi connectivity index (χ0) is 12.1. The molecule has 0 aromatic carbocycles. The third-order valence-corrected chi connectivity index (χ3v) is 4.75. The van der Waals surface area contributed by atoms with Crippen molar-refractivity contribution in [3.8, 4) is 0 Å². The molecular weight excluding hydrogens is 212 g/mol. The van der Waals surface area contributed by atoms with Crippen LogP contribution >= 0.6 is 0 Å². The lowest BCUT2D eigenvalue weighted by molar-refractivity contribution is 0.0558. The summed E-state index contributed by atoms with van der Waals surface area (Å²) in [5, 5.41) is 12.4. The van der Waals surface area contributed by atoms with Crippen LogP contribution in [0.4, 0.5) is 0 Å². The summed E-state index contributed by atoms with van der Waals surface area (Å²) in [6, 6.07) is 1.13. The van der Waals surface area contributed by atoms with Crippen LogP contribution in [0.2, 0.25) is 0 Å². The SMILES string of the molecule is CNC(CO)CCN1CCCC2CCCCC21. The minimum absolute atomic E-state index is 0.262. The first-order valence-corrected chi connectivity index (χ1v) is 7.37. The van der Waals surface area contributed by atoms with Crippen molar-refractivity contribution in [3.63, 3.8) is 0 Å². The Morgan fingerprint density at radius 2 is 2.00 bits per heavy atom. The number of likely N-dealkylation sites (tertiary alicyclic amines) is 1. The lowest BCUT2D eigenvalue weighted by Crippen LogP contribution is -2.48. The van der Waals surface area contributed by atoms with Crippen molar-refractivity contribution in [2.75, 3.05) is 26.7 Å². The quantitative estimate of drug-likeness (QED) is 0.766. The van der Waals surface area contributed by atoms with Crippen molar-refractivity contribution in [3.05, 3.63) is 0 Å². The summed E-state index contributed by atoms with van der Waals surface area (Å²) >= 11 is 0. The molecule has 2 N–H and O–H groups in total. The minimum Gasteiger partial charge on any atom is -0.395 e. The largest absolute Gasteiger partial charge is 0.395 e. The lowest BCUT2D eigenvalue weighted by atomic mass is 9.78. The number of nitrogens with zero attached hydrogens (tertiary/aromatic N) is 1. The van der Waals surface area contributed by atoms with Gasteiger partial charge in [0.05, 0.1) is 6.61 Å². The monoisotopic (exact) mass is 240 g/mol. The first-order valence-electron chi connectivity index (χ1n) is 7.37. The Bertz CT molecular complexity index is 216. The van der Waals surface area contributed by atoms with Gasteiger partial charge in [0.2, 0.25) is 0 Å². The molecule has 1 heterocycles. The van der Waals surface area contributed by atoms with Gasteiger partial charge in [0.15, 0.2) is 0 Å². The molecule has 0 bridgehead atoms. The van der Waals surface area contributed by atoms with E-state index in [9.17, 15) is 5.11 Å². The normalized spacial score (nSPS) is 32.1.